The van der Waals surface area contributed by atoms with Crippen LogP contribution in [0.15, 0.2) is 5.38 Å². The minimum atomic E-state index is -0.0932. The largest absolute Gasteiger partial charge is 0.374 e. The Morgan fingerprint density at radius 1 is 1.79 bits per heavy atom. The van der Waals surface area contributed by atoms with Gasteiger partial charge in [0.1, 0.15) is 0 Å². The van der Waals surface area contributed by atoms with Crippen LogP contribution in [0, 0.1) is 0 Å². The second-order valence-electron chi connectivity index (χ2n) is 4.83. The van der Waals surface area contributed by atoms with Crippen molar-refractivity contribution >= 4 is 22.4 Å². The Labute approximate surface area is 116 Å². The van der Waals surface area contributed by atoms with Gasteiger partial charge in [-0.1, -0.05) is 0 Å². The van der Waals surface area contributed by atoms with Gasteiger partial charge >= 0.3 is 0 Å². The van der Waals surface area contributed by atoms with Crippen LogP contribution < -0.4 is 11.1 Å². The molecule has 1 aromatic rings. The first-order valence-electron chi connectivity index (χ1n) is 6.36. The summed E-state index contributed by atoms with van der Waals surface area (Å²) in [7, 11) is 0. The first kappa shape index (κ1) is 14.4. The molecule has 0 spiro atoms. The number of aromatic nitrogens is 1. The van der Waals surface area contributed by atoms with Crippen LogP contribution in [0.4, 0.5) is 5.13 Å². The Balaban J connectivity index is 1.89. The van der Waals surface area contributed by atoms with Gasteiger partial charge in [0, 0.05) is 38.0 Å². The number of nitrogens with two attached hydrogens (primary N) is 1. The zero-order valence-electron chi connectivity index (χ0n) is 11.3. The standard InChI is InChI=1S/C12H20N4O2S/c1-8(13)11-6-16(3-4-18-11)5-10-7-19-12(15-10)14-9(2)17/h7-8,11H,3-6,13H2,1-2H3,(H,14,15,17). The van der Waals surface area contributed by atoms with E-state index >= 15 is 0 Å². The maximum atomic E-state index is 10.9. The predicted molar refractivity (Wildman–Crippen MR) is 75.1 cm³/mol. The molecule has 0 saturated carbocycles. The molecule has 1 amide bonds. The molecule has 19 heavy (non-hydrogen) atoms. The van der Waals surface area contributed by atoms with E-state index in [1.54, 1.807) is 0 Å². The highest BCUT2D eigenvalue weighted by Crippen LogP contribution is 2.18. The maximum Gasteiger partial charge on any atom is 0.223 e. The number of carbonyl (C=O) groups excluding carboxylic acids is 1. The normalized spacial score (nSPS) is 22.2. The van der Waals surface area contributed by atoms with Gasteiger partial charge in [0.2, 0.25) is 5.91 Å². The average Bonchev–Trinajstić information content (AvgIpc) is 2.76. The third-order valence-electron chi connectivity index (χ3n) is 2.98. The highest BCUT2D eigenvalue weighted by Gasteiger charge is 2.23. The molecule has 6 nitrogen and oxygen atoms in total. The predicted octanol–water partition coefficient (Wildman–Crippen LogP) is 0.650. The molecule has 2 heterocycles. The molecule has 106 valence electrons. The Kier molecular flexibility index (Phi) is 4.87. The van der Waals surface area contributed by atoms with Crippen LogP contribution in [0.3, 0.4) is 0 Å². The monoisotopic (exact) mass is 284 g/mol. The molecule has 2 atom stereocenters. The van der Waals surface area contributed by atoms with Gasteiger partial charge < -0.3 is 15.8 Å². The molecule has 2 rings (SSSR count). The van der Waals surface area contributed by atoms with Crippen LogP contribution in [-0.4, -0.2) is 47.6 Å². The molecule has 1 aliphatic heterocycles. The zero-order valence-corrected chi connectivity index (χ0v) is 12.1. The van der Waals surface area contributed by atoms with Gasteiger partial charge in [0.05, 0.1) is 18.4 Å². The molecule has 0 radical (unpaired) electrons. The summed E-state index contributed by atoms with van der Waals surface area (Å²) in [6, 6.07) is 0.0353. The topological polar surface area (TPSA) is 80.5 Å². The first-order valence-corrected chi connectivity index (χ1v) is 7.24. The number of carbonyl (C=O) groups is 1. The average molecular weight is 284 g/mol. The van der Waals surface area contributed by atoms with Crippen LogP contribution in [0.25, 0.3) is 0 Å². The molecular weight excluding hydrogens is 264 g/mol. The molecule has 1 saturated heterocycles. The lowest BCUT2D eigenvalue weighted by molar-refractivity contribution is -0.114. The summed E-state index contributed by atoms with van der Waals surface area (Å²) < 4.78 is 5.62. The van der Waals surface area contributed by atoms with Crippen LogP contribution in [0.2, 0.25) is 0 Å². The molecular formula is C12H20N4O2S. The quantitative estimate of drug-likeness (QED) is 0.848. The number of nitrogens with one attached hydrogen (secondary N) is 1. The third kappa shape index (κ3) is 4.24. The highest BCUT2D eigenvalue weighted by atomic mass is 32.1. The van der Waals surface area contributed by atoms with E-state index in [1.165, 1.54) is 18.3 Å². The van der Waals surface area contributed by atoms with Crippen molar-refractivity contribution < 1.29 is 9.53 Å². The van der Waals surface area contributed by atoms with Gasteiger partial charge in [0.25, 0.3) is 0 Å². The van der Waals surface area contributed by atoms with Gasteiger partial charge in [-0.15, -0.1) is 11.3 Å². The van der Waals surface area contributed by atoms with E-state index in [2.05, 4.69) is 15.2 Å². The Bertz CT molecular complexity index is 435. The smallest absolute Gasteiger partial charge is 0.223 e. The number of amides is 1. The van der Waals surface area contributed by atoms with Crippen molar-refractivity contribution in [3.63, 3.8) is 0 Å². The number of anilines is 1. The van der Waals surface area contributed by atoms with E-state index in [0.717, 1.165) is 25.3 Å². The van der Waals surface area contributed by atoms with Gasteiger partial charge in [0.15, 0.2) is 5.13 Å². The third-order valence-corrected chi connectivity index (χ3v) is 3.79. The van der Waals surface area contributed by atoms with Crippen LogP contribution in [0.5, 0.6) is 0 Å². The lowest BCUT2D eigenvalue weighted by atomic mass is 10.1. The Morgan fingerprint density at radius 2 is 2.58 bits per heavy atom. The van der Waals surface area contributed by atoms with Crippen LogP contribution in [0.1, 0.15) is 19.5 Å². The van der Waals surface area contributed by atoms with Gasteiger partial charge in [-0.2, -0.15) is 0 Å². The van der Waals surface area contributed by atoms with E-state index in [0.29, 0.717) is 11.7 Å². The van der Waals surface area contributed by atoms with E-state index in [9.17, 15) is 4.79 Å². The van der Waals surface area contributed by atoms with Crippen molar-refractivity contribution in [1.29, 1.82) is 0 Å². The van der Waals surface area contributed by atoms with Gasteiger partial charge in [-0.05, 0) is 6.92 Å². The van der Waals surface area contributed by atoms with Crippen molar-refractivity contribution in [2.24, 2.45) is 5.73 Å². The van der Waals surface area contributed by atoms with Gasteiger partial charge in [-0.25, -0.2) is 4.98 Å². The summed E-state index contributed by atoms with van der Waals surface area (Å²) in [6.45, 7) is 6.63. The SMILES string of the molecule is CC(=O)Nc1nc(CN2CCOC(C(C)N)C2)cs1. The number of nitrogens with zero attached hydrogens (tertiary/aromatic N) is 2. The fraction of sp³-hybridized carbons (Fsp3) is 0.667. The van der Waals surface area contributed by atoms with Crippen molar-refractivity contribution in [2.45, 2.75) is 32.5 Å². The summed E-state index contributed by atoms with van der Waals surface area (Å²) in [5.74, 6) is -0.0932. The number of morpholine rings is 1. The minimum absolute atomic E-state index is 0.0353. The van der Waals surface area contributed by atoms with E-state index in [1.807, 2.05) is 12.3 Å². The van der Waals surface area contributed by atoms with Crippen molar-refractivity contribution in [3.05, 3.63) is 11.1 Å². The van der Waals surface area contributed by atoms with E-state index < -0.39 is 0 Å². The molecule has 1 aromatic heterocycles. The Hall–Kier alpha value is -1.02. The summed E-state index contributed by atoms with van der Waals surface area (Å²) in [6.07, 6.45) is 0.0854. The number of ether oxygens (including phenoxy) is 1. The summed E-state index contributed by atoms with van der Waals surface area (Å²) >= 11 is 1.45. The lowest BCUT2D eigenvalue weighted by Crippen LogP contribution is -2.49. The second kappa shape index (κ2) is 6.42. The molecule has 1 aliphatic rings. The highest BCUT2D eigenvalue weighted by molar-refractivity contribution is 7.13. The van der Waals surface area contributed by atoms with Gasteiger partial charge in [-0.3, -0.25) is 9.69 Å². The first-order chi connectivity index (χ1) is 9.04. The minimum Gasteiger partial charge on any atom is -0.374 e. The Morgan fingerprint density at radius 3 is 3.26 bits per heavy atom. The number of hydrogen-bond donors (Lipinski definition) is 2. The number of hydrogen-bond acceptors (Lipinski definition) is 6. The molecule has 3 N–H and O–H groups in total. The fourth-order valence-electron chi connectivity index (χ4n) is 2.01. The zero-order chi connectivity index (χ0) is 13.8. The van der Waals surface area contributed by atoms with Crippen LogP contribution in [-0.2, 0) is 16.1 Å². The number of rotatable bonds is 4. The lowest BCUT2D eigenvalue weighted by Gasteiger charge is -2.34. The van der Waals surface area contributed by atoms with Crippen LogP contribution >= 0.6 is 11.3 Å². The molecule has 1 fully saturated rings. The van der Waals surface area contributed by atoms with Crippen molar-refractivity contribution in [2.75, 3.05) is 25.0 Å². The molecule has 0 bridgehead atoms. The second-order valence-corrected chi connectivity index (χ2v) is 5.69. The molecule has 0 aliphatic carbocycles. The molecule has 2 unspecified atom stereocenters. The fourth-order valence-corrected chi connectivity index (χ4v) is 2.76. The maximum absolute atomic E-state index is 10.9. The summed E-state index contributed by atoms with van der Waals surface area (Å²) in [5.41, 5.74) is 6.84. The molecule has 0 aromatic carbocycles. The van der Waals surface area contributed by atoms with Crippen molar-refractivity contribution in [1.82, 2.24) is 9.88 Å². The molecule has 7 heteroatoms. The van der Waals surface area contributed by atoms with E-state index in [4.69, 9.17) is 10.5 Å². The van der Waals surface area contributed by atoms with E-state index in [-0.39, 0.29) is 18.1 Å². The summed E-state index contributed by atoms with van der Waals surface area (Å²) in [4.78, 5) is 17.6. The number of thiazole rings is 1. The summed E-state index contributed by atoms with van der Waals surface area (Å²) in [5, 5.41) is 5.32. The van der Waals surface area contributed by atoms with Crippen molar-refractivity contribution in [3.8, 4) is 0 Å².